The van der Waals surface area contributed by atoms with E-state index in [1.165, 1.54) is 6.07 Å². The van der Waals surface area contributed by atoms with Crippen LogP contribution in [0.4, 0.5) is 13.2 Å². The molecule has 1 aromatic rings. The van der Waals surface area contributed by atoms with Crippen molar-refractivity contribution in [1.29, 1.82) is 0 Å². The van der Waals surface area contributed by atoms with Crippen molar-refractivity contribution in [3.05, 3.63) is 35.1 Å². The fourth-order valence-electron chi connectivity index (χ4n) is 2.01. The molecule has 2 nitrogen and oxygen atoms in total. The zero-order valence-corrected chi connectivity index (χ0v) is 11.9. The molecule has 0 amide bonds. The summed E-state index contributed by atoms with van der Waals surface area (Å²) in [6, 6.07) is 3.28. The van der Waals surface area contributed by atoms with Crippen molar-refractivity contribution in [3.8, 4) is 0 Å². The molecule has 0 aliphatic rings. The average Bonchev–Trinajstić information content (AvgIpc) is 2.28. The van der Waals surface area contributed by atoms with Crippen LogP contribution < -0.4 is 5.14 Å². The average molecular weight is 293 g/mol. The third-order valence-corrected chi connectivity index (χ3v) is 4.40. The van der Waals surface area contributed by atoms with Gasteiger partial charge in [0.2, 0.25) is 0 Å². The van der Waals surface area contributed by atoms with E-state index in [9.17, 15) is 17.4 Å². The van der Waals surface area contributed by atoms with Crippen molar-refractivity contribution in [2.24, 2.45) is 5.14 Å². The first-order valence-corrected chi connectivity index (χ1v) is 7.10. The summed E-state index contributed by atoms with van der Waals surface area (Å²) in [6.07, 6.45) is -2.29. The summed E-state index contributed by atoms with van der Waals surface area (Å²) in [6.45, 7) is 5.12. The minimum atomic E-state index is -2.64. The van der Waals surface area contributed by atoms with Crippen molar-refractivity contribution in [2.45, 2.75) is 44.3 Å². The molecule has 0 spiro atoms. The van der Waals surface area contributed by atoms with Gasteiger partial charge in [-0.25, -0.2) is 17.4 Å². The monoisotopic (exact) mass is 293 g/mol. The Labute approximate surface area is 113 Å². The number of hydrogen-bond donors (Lipinski definition) is 1. The van der Waals surface area contributed by atoms with Crippen molar-refractivity contribution in [2.75, 3.05) is 0 Å². The number of hydrogen-bond acceptors (Lipinski definition) is 1. The lowest BCUT2D eigenvalue weighted by molar-refractivity contribution is 0.151. The molecule has 0 saturated carbocycles. The van der Waals surface area contributed by atoms with E-state index in [0.29, 0.717) is 6.42 Å². The van der Waals surface area contributed by atoms with Gasteiger partial charge in [-0.05, 0) is 43.9 Å². The summed E-state index contributed by atoms with van der Waals surface area (Å²) in [7, 11) is -1.56. The lowest BCUT2D eigenvalue weighted by atomic mass is 9.90. The molecule has 0 radical (unpaired) electrons. The van der Waals surface area contributed by atoms with Gasteiger partial charge in [-0.1, -0.05) is 13.0 Å². The lowest BCUT2D eigenvalue weighted by Gasteiger charge is -2.25. The van der Waals surface area contributed by atoms with Crippen LogP contribution in [-0.2, 0) is 11.0 Å². The zero-order valence-electron chi connectivity index (χ0n) is 11.1. The fraction of sp³-hybridized carbons (Fsp3) is 0.538. The van der Waals surface area contributed by atoms with Gasteiger partial charge in [-0.2, -0.15) is 0 Å². The zero-order chi connectivity index (χ0) is 14.8. The van der Waals surface area contributed by atoms with E-state index < -0.39 is 28.0 Å². The molecule has 0 bridgehead atoms. The van der Waals surface area contributed by atoms with E-state index in [2.05, 4.69) is 0 Å². The van der Waals surface area contributed by atoms with E-state index in [4.69, 9.17) is 5.14 Å². The molecule has 2 N–H and O–H groups in total. The molecule has 19 heavy (non-hydrogen) atoms. The van der Waals surface area contributed by atoms with E-state index in [-0.39, 0.29) is 17.0 Å². The Morgan fingerprint density at radius 3 is 2.42 bits per heavy atom. The van der Waals surface area contributed by atoms with Gasteiger partial charge in [0.05, 0.1) is 15.7 Å². The van der Waals surface area contributed by atoms with Crippen LogP contribution in [-0.4, -0.2) is 8.96 Å². The van der Waals surface area contributed by atoms with Gasteiger partial charge in [-0.15, -0.1) is 0 Å². The van der Waals surface area contributed by atoms with Crippen molar-refractivity contribution in [3.63, 3.8) is 0 Å². The standard InChI is InChI=1S/C13H18F3NOS/c1-8(7-13(2,3)19(17)18)10-6-9(12(15)16)4-5-11(10)14/h4-6,8,12H,7,17H2,1-3H3/t8-,19?/m0/s1. The number of halogens is 3. The van der Waals surface area contributed by atoms with Crippen LogP contribution in [0, 0.1) is 5.82 Å². The van der Waals surface area contributed by atoms with Crippen LogP contribution in [0.1, 0.15) is 50.7 Å². The van der Waals surface area contributed by atoms with Crippen LogP contribution in [0.5, 0.6) is 0 Å². The molecule has 0 heterocycles. The first-order valence-electron chi connectivity index (χ1n) is 5.89. The second-order valence-electron chi connectivity index (χ2n) is 5.24. The second-order valence-corrected chi connectivity index (χ2v) is 6.94. The van der Waals surface area contributed by atoms with E-state index >= 15 is 0 Å². The smallest absolute Gasteiger partial charge is 0.251 e. The first kappa shape index (κ1) is 16.2. The Morgan fingerprint density at radius 1 is 1.37 bits per heavy atom. The van der Waals surface area contributed by atoms with Crippen LogP contribution in [0.15, 0.2) is 18.2 Å². The molecule has 2 atom stereocenters. The summed E-state index contributed by atoms with van der Waals surface area (Å²) >= 11 is 0. The Bertz CT molecular complexity index is 477. The Hall–Kier alpha value is -0.880. The third kappa shape index (κ3) is 4.04. The van der Waals surface area contributed by atoms with Crippen LogP contribution in [0.3, 0.4) is 0 Å². The molecular weight excluding hydrogens is 275 g/mol. The predicted octanol–water partition coefficient (Wildman–Crippen LogP) is 3.66. The summed E-state index contributed by atoms with van der Waals surface area (Å²) in [5, 5.41) is 5.37. The van der Waals surface area contributed by atoms with E-state index in [1.54, 1.807) is 20.8 Å². The molecule has 0 saturated heterocycles. The number of rotatable bonds is 5. The van der Waals surface area contributed by atoms with Crippen molar-refractivity contribution < 1.29 is 17.4 Å². The van der Waals surface area contributed by atoms with Gasteiger partial charge in [0, 0.05) is 5.56 Å². The molecule has 1 aromatic carbocycles. The van der Waals surface area contributed by atoms with Gasteiger partial charge in [0.25, 0.3) is 6.43 Å². The fourth-order valence-corrected chi connectivity index (χ4v) is 2.42. The van der Waals surface area contributed by atoms with Crippen LogP contribution in [0.25, 0.3) is 0 Å². The highest BCUT2D eigenvalue weighted by Crippen LogP contribution is 2.32. The number of benzene rings is 1. The minimum Gasteiger partial charge on any atom is -0.251 e. The normalized spacial score (nSPS) is 15.6. The summed E-state index contributed by atoms with van der Waals surface area (Å²) in [5.41, 5.74) is -0.00810. The third-order valence-electron chi connectivity index (χ3n) is 3.15. The maximum atomic E-state index is 13.7. The first-order chi connectivity index (χ1) is 8.65. The van der Waals surface area contributed by atoms with Crippen molar-refractivity contribution >= 4 is 11.0 Å². The van der Waals surface area contributed by atoms with Gasteiger partial charge in [-0.3, -0.25) is 5.14 Å². The Kier molecular flexibility index (Phi) is 5.15. The number of alkyl halides is 2. The molecule has 0 aliphatic carbocycles. The maximum Gasteiger partial charge on any atom is 0.263 e. The largest absolute Gasteiger partial charge is 0.263 e. The molecule has 0 aromatic heterocycles. The molecule has 1 rings (SSSR count). The minimum absolute atomic E-state index is 0.205. The highest BCUT2D eigenvalue weighted by Gasteiger charge is 2.28. The molecular formula is C13H18F3NOS. The lowest BCUT2D eigenvalue weighted by Crippen LogP contribution is -2.33. The van der Waals surface area contributed by atoms with E-state index in [0.717, 1.165) is 12.1 Å². The Balaban J connectivity index is 3.02. The summed E-state index contributed by atoms with van der Waals surface area (Å²) in [4.78, 5) is 0. The maximum absolute atomic E-state index is 13.7. The quantitative estimate of drug-likeness (QED) is 0.884. The highest BCUT2D eigenvalue weighted by atomic mass is 32.2. The van der Waals surface area contributed by atoms with Crippen molar-refractivity contribution in [1.82, 2.24) is 0 Å². The predicted molar refractivity (Wildman–Crippen MR) is 70.8 cm³/mol. The topological polar surface area (TPSA) is 43.1 Å². The van der Waals surface area contributed by atoms with Gasteiger partial charge in [0.15, 0.2) is 0 Å². The SMILES string of the molecule is C[C@@H](CC(C)(C)S(N)=O)c1cc(C(F)F)ccc1F. The van der Waals surface area contributed by atoms with Crippen LogP contribution in [0.2, 0.25) is 0 Å². The van der Waals surface area contributed by atoms with Gasteiger partial charge in [0.1, 0.15) is 5.82 Å². The molecule has 0 aliphatic heterocycles. The number of nitrogens with two attached hydrogens (primary N) is 1. The molecule has 0 fully saturated rings. The molecule has 6 heteroatoms. The Morgan fingerprint density at radius 2 is 1.95 bits per heavy atom. The van der Waals surface area contributed by atoms with Gasteiger partial charge >= 0.3 is 0 Å². The second kappa shape index (κ2) is 6.05. The molecule has 108 valence electrons. The van der Waals surface area contributed by atoms with Gasteiger partial charge < -0.3 is 0 Å². The highest BCUT2D eigenvalue weighted by molar-refractivity contribution is 7.84. The summed E-state index contributed by atoms with van der Waals surface area (Å²) in [5.74, 6) is -0.878. The molecule has 1 unspecified atom stereocenters. The van der Waals surface area contributed by atoms with E-state index in [1.807, 2.05) is 0 Å². The summed E-state index contributed by atoms with van der Waals surface area (Å²) < 4.78 is 49.6. The van der Waals surface area contributed by atoms with Crippen LogP contribution >= 0.6 is 0 Å².